The molecule has 0 aliphatic carbocycles. The average molecular weight is 213 g/mol. The van der Waals surface area contributed by atoms with E-state index in [9.17, 15) is 4.79 Å². The van der Waals surface area contributed by atoms with Crippen LogP contribution in [0, 0.1) is 20.8 Å². The minimum Gasteiger partial charge on any atom is -0.284 e. The average Bonchev–Trinajstić information content (AvgIpc) is 2.23. The van der Waals surface area contributed by atoms with Gasteiger partial charge in [0.1, 0.15) is 0 Å². The summed E-state index contributed by atoms with van der Waals surface area (Å²) < 4.78 is 1.70. The fourth-order valence-electron chi connectivity index (χ4n) is 1.87. The van der Waals surface area contributed by atoms with Crippen molar-refractivity contribution in [3.63, 3.8) is 0 Å². The van der Waals surface area contributed by atoms with E-state index in [1.54, 1.807) is 4.57 Å². The van der Waals surface area contributed by atoms with Crippen molar-refractivity contribution in [3.05, 3.63) is 63.6 Å². The maximum absolute atomic E-state index is 12.0. The lowest BCUT2D eigenvalue weighted by Gasteiger charge is -2.10. The van der Waals surface area contributed by atoms with Crippen LogP contribution in [0.2, 0.25) is 0 Å². The molecule has 1 aromatic heterocycles. The third-order valence-electron chi connectivity index (χ3n) is 2.75. The van der Waals surface area contributed by atoms with Crippen LogP contribution >= 0.6 is 0 Å². The van der Waals surface area contributed by atoms with Gasteiger partial charge in [0.05, 0.1) is 5.69 Å². The van der Waals surface area contributed by atoms with Gasteiger partial charge in [-0.05, 0) is 38.5 Å². The highest BCUT2D eigenvalue weighted by molar-refractivity contribution is 5.43. The van der Waals surface area contributed by atoms with E-state index >= 15 is 0 Å². The van der Waals surface area contributed by atoms with Crippen LogP contribution < -0.4 is 5.56 Å². The monoisotopic (exact) mass is 213 g/mol. The molecule has 0 amide bonds. The molecule has 0 saturated heterocycles. The van der Waals surface area contributed by atoms with Crippen LogP contribution in [0.25, 0.3) is 5.69 Å². The maximum Gasteiger partial charge on any atom is 0.257 e. The van der Waals surface area contributed by atoms with E-state index < -0.39 is 0 Å². The molecule has 0 aliphatic rings. The van der Waals surface area contributed by atoms with E-state index in [1.807, 2.05) is 44.3 Å². The van der Waals surface area contributed by atoms with Crippen molar-refractivity contribution in [2.24, 2.45) is 0 Å². The van der Waals surface area contributed by atoms with Crippen molar-refractivity contribution in [3.8, 4) is 5.69 Å². The number of aromatic nitrogens is 1. The Labute approximate surface area is 95.2 Å². The van der Waals surface area contributed by atoms with Gasteiger partial charge in [-0.3, -0.25) is 9.36 Å². The van der Waals surface area contributed by atoms with Gasteiger partial charge in [-0.25, -0.2) is 0 Å². The minimum atomic E-state index is 0.0504. The Morgan fingerprint density at radius 2 is 1.75 bits per heavy atom. The predicted molar refractivity (Wildman–Crippen MR) is 66.3 cm³/mol. The van der Waals surface area contributed by atoms with Crippen LogP contribution in [0.3, 0.4) is 0 Å². The zero-order valence-corrected chi connectivity index (χ0v) is 9.82. The van der Waals surface area contributed by atoms with E-state index in [0.717, 1.165) is 16.8 Å². The Morgan fingerprint density at radius 1 is 1.00 bits per heavy atom. The highest BCUT2D eigenvalue weighted by Gasteiger charge is 2.04. The van der Waals surface area contributed by atoms with Gasteiger partial charge in [-0.15, -0.1) is 0 Å². The number of hydrogen-bond donors (Lipinski definition) is 0. The number of aryl methyl sites for hydroxylation is 3. The van der Waals surface area contributed by atoms with Gasteiger partial charge in [-0.2, -0.15) is 0 Å². The first kappa shape index (κ1) is 10.7. The van der Waals surface area contributed by atoms with Crippen LogP contribution in [-0.2, 0) is 0 Å². The van der Waals surface area contributed by atoms with Crippen LogP contribution in [0.1, 0.15) is 16.7 Å². The Morgan fingerprint density at radius 3 is 2.44 bits per heavy atom. The summed E-state index contributed by atoms with van der Waals surface area (Å²) in [5, 5.41) is 0. The van der Waals surface area contributed by atoms with Crippen molar-refractivity contribution in [2.75, 3.05) is 0 Å². The van der Waals surface area contributed by atoms with Crippen LogP contribution in [-0.4, -0.2) is 4.57 Å². The Bertz CT molecular complexity index is 582. The molecule has 0 atom stereocenters. The van der Waals surface area contributed by atoms with E-state index in [1.165, 1.54) is 5.56 Å². The number of benzene rings is 1. The standard InChI is InChI=1S/C14H15NO/c1-10-6-7-13(12(3)9-10)15-8-4-5-11(2)14(15)16/h4-9H,1-3H3. The second-order valence-electron chi connectivity index (χ2n) is 4.16. The van der Waals surface area contributed by atoms with E-state index in [-0.39, 0.29) is 5.56 Å². The molecule has 1 aromatic carbocycles. The Balaban J connectivity index is 2.68. The van der Waals surface area contributed by atoms with Gasteiger partial charge >= 0.3 is 0 Å². The summed E-state index contributed by atoms with van der Waals surface area (Å²) >= 11 is 0. The number of nitrogens with zero attached hydrogens (tertiary/aromatic N) is 1. The smallest absolute Gasteiger partial charge is 0.257 e. The summed E-state index contributed by atoms with van der Waals surface area (Å²) in [6.45, 7) is 5.91. The lowest BCUT2D eigenvalue weighted by Crippen LogP contribution is -2.20. The third-order valence-corrected chi connectivity index (χ3v) is 2.75. The second-order valence-corrected chi connectivity index (χ2v) is 4.16. The van der Waals surface area contributed by atoms with Crippen LogP contribution in [0.5, 0.6) is 0 Å². The molecule has 0 aliphatic heterocycles. The Kier molecular flexibility index (Phi) is 2.65. The summed E-state index contributed by atoms with van der Waals surface area (Å²) in [5.74, 6) is 0. The summed E-state index contributed by atoms with van der Waals surface area (Å²) in [4.78, 5) is 12.0. The highest BCUT2D eigenvalue weighted by Crippen LogP contribution is 2.13. The highest BCUT2D eigenvalue weighted by atomic mass is 16.1. The Hall–Kier alpha value is -1.83. The first-order valence-electron chi connectivity index (χ1n) is 5.35. The van der Waals surface area contributed by atoms with Gasteiger partial charge in [0.25, 0.3) is 5.56 Å². The molecule has 0 fully saturated rings. The van der Waals surface area contributed by atoms with Crippen molar-refractivity contribution in [2.45, 2.75) is 20.8 Å². The number of pyridine rings is 1. The van der Waals surface area contributed by atoms with E-state index in [4.69, 9.17) is 0 Å². The van der Waals surface area contributed by atoms with Crippen molar-refractivity contribution in [1.82, 2.24) is 4.57 Å². The van der Waals surface area contributed by atoms with Gasteiger partial charge < -0.3 is 0 Å². The lowest BCUT2D eigenvalue weighted by atomic mass is 10.1. The third kappa shape index (κ3) is 1.78. The molecule has 0 saturated carbocycles. The molecule has 1 heterocycles. The molecular weight excluding hydrogens is 198 g/mol. The van der Waals surface area contributed by atoms with Crippen molar-refractivity contribution >= 4 is 0 Å². The summed E-state index contributed by atoms with van der Waals surface area (Å²) in [5.41, 5.74) is 4.10. The molecule has 2 nitrogen and oxygen atoms in total. The molecule has 82 valence electrons. The fraction of sp³-hybridized carbons (Fsp3) is 0.214. The van der Waals surface area contributed by atoms with E-state index in [2.05, 4.69) is 13.0 Å². The second kappa shape index (κ2) is 3.97. The maximum atomic E-state index is 12.0. The molecule has 0 spiro atoms. The first-order valence-corrected chi connectivity index (χ1v) is 5.35. The molecule has 0 unspecified atom stereocenters. The van der Waals surface area contributed by atoms with Gasteiger partial charge in [0, 0.05) is 11.8 Å². The zero-order valence-electron chi connectivity index (χ0n) is 9.82. The SMILES string of the molecule is Cc1ccc(-n2cccc(C)c2=O)c(C)c1. The quantitative estimate of drug-likeness (QED) is 0.714. The largest absolute Gasteiger partial charge is 0.284 e. The summed E-state index contributed by atoms with van der Waals surface area (Å²) in [7, 11) is 0. The number of rotatable bonds is 1. The van der Waals surface area contributed by atoms with E-state index in [0.29, 0.717) is 0 Å². The molecule has 2 rings (SSSR count). The molecule has 16 heavy (non-hydrogen) atoms. The van der Waals surface area contributed by atoms with Gasteiger partial charge in [-0.1, -0.05) is 23.8 Å². The molecule has 0 bridgehead atoms. The zero-order chi connectivity index (χ0) is 11.7. The summed E-state index contributed by atoms with van der Waals surface area (Å²) in [6, 6.07) is 9.84. The minimum absolute atomic E-state index is 0.0504. The number of hydrogen-bond acceptors (Lipinski definition) is 1. The molecule has 0 N–H and O–H groups in total. The van der Waals surface area contributed by atoms with Crippen molar-refractivity contribution < 1.29 is 0 Å². The fourth-order valence-corrected chi connectivity index (χ4v) is 1.87. The normalized spacial score (nSPS) is 10.4. The molecule has 0 radical (unpaired) electrons. The van der Waals surface area contributed by atoms with Crippen molar-refractivity contribution in [1.29, 1.82) is 0 Å². The van der Waals surface area contributed by atoms with Crippen LogP contribution in [0.4, 0.5) is 0 Å². The van der Waals surface area contributed by atoms with Gasteiger partial charge in [0.15, 0.2) is 0 Å². The molecule has 2 heteroatoms. The first-order chi connectivity index (χ1) is 7.59. The lowest BCUT2D eigenvalue weighted by molar-refractivity contribution is 0.958. The summed E-state index contributed by atoms with van der Waals surface area (Å²) in [6.07, 6.45) is 1.81. The van der Waals surface area contributed by atoms with Crippen LogP contribution in [0.15, 0.2) is 41.3 Å². The topological polar surface area (TPSA) is 22.0 Å². The van der Waals surface area contributed by atoms with Gasteiger partial charge in [0.2, 0.25) is 0 Å². The molecule has 2 aromatic rings. The predicted octanol–water partition coefficient (Wildman–Crippen LogP) is 2.76. The molecular formula is C14H15NO.